The minimum atomic E-state index is 0.263. The molecule has 1 heterocycles. The largest absolute Gasteiger partial charge is 0.489 e. The van der Waals surface area contributed by atoms with Crippen molar-refractivity contribution < 1.29 is 4.74 Å². The summed E-state index contributed by atoms with van der Waals surface area (Å²) >= 11 is 0. The first kappa shape index (κ1) is 13.3. The Morgan fingerprint density at radius 1 is 1.44 bits per heavy atom. The van der Waals surface area contributed by atoms with Crippen molar-refractivity contribution in [3.05, 3.63) is 23.5 Å². The monoisotopic (exact) mass is 248 g/mol. The summed E-state index contributed by atoms with van der Waals surface area (Å²) < 4.78 is 5.99. The molecule has 0 amide bonds. The molecule has 0 bridgehead atoms. The topological polar surface area (TPSA) is 34.1 Å². The second-order valence-corrected chi connectivity index (χ2v) is 5.27. The fourth-order valence-electron chi connectivity index (χ4n) is 2.04. The lowest BCUT2D eigenvalue weighted by atomic mass is 10.2. The molecule has 2 rings (SSSR count). The van der Waals surface area contributed by atoms with Crippen molar-refractivity contribution in [3.63, 3.8) is 0 Å². The Bertz CT molecular complexity index is 388. The molecule has 18 heavy (non-hydrogen) atoms. The fraction of sp³-hybridized carbons (Fsp3) is 0.667. The average molecular weight is 248 g/mol. The molecule has 0 saturated heterocycles. The van der Waals surface area contributed by atoms with E-state index in [0.717, 1.165) is 36.5 Å². The highest BCUT2D eigenvalue weighted by molar-refractivity contribution is 5.29. The van der Waals surface area contributed by atoms with Crippen LogP contribution in [0.25, 0.3) is 0 Å². The van der Waals surface area contributed by atoms with Gasteiger partial charge in [0.2, 0.25) is 0 Å². The molecule has 1 aliphatic carbocycles. The molecule has 3 heteroatoms. The Hall–Kier alpha value is -1.09. The summed E-state index contributed by atoms with van der Waals surface area (Å²) in [6, 6.07) is 4.78. The summed E-state index contributed by atoms with van der Waals surface area (Å²) in [4.78, 5) is 4.60. The van der Waals surface area contributed by atoms with Crippen LogP contribution in [0.4, 0.5) is 0 Å². The smallest absolute Gasteiger partial charge is 0.142 e. The standard InChI is InChI=1S/C15H24N2O/c1-4-5-12(3)18-15-9-6-11(2)17-14(15)10-16-13-7-8-13/h6,9,12-13,16H,4-5,7-8,10H2,1-3H3. The molecule has 0 spiro atoms. The van der Waals surface area contributed by atoms with E-state index in [2.05, 4.69) is 30.2 Å². The molecule has 1 N–H and O–H groups in total. The molecule has 1 aromatic heterocycles. The summed E-state index contributed by atoms with van der Waals surface area (Å²) in [5.41, 5.74) is 2.10. The lowest BCUT2D eigenvalue weighted by molar-refractivity contribution is 0.206. The molecular formula is C15H24N2O. The van der Waals surface area contributed by atoms with Crippen LogP contribution in [-0.4, -0.2) is 17.1 Å². The third kappa shape index (κ3) is 3.98. The summed E-state index contributed by atoms with van der Waals surface area (Å²) in [6.07, 6.45) is 5.10. The first-order chi connectivity index (χ1) is 8.69. The summed E-state index contributed by atoms with van der Waals surface area (Å²) in [7, 11) is 0. The lowest BCUT2D eigenvalue weighted by Crippen LogP contribution is -2.19. The SMILES string of the molecule is CCCC(C)Oc1ccc(C)nc1CNC1CC1. The second kappa shape index (κ2) is 6.19. The van der Waals surface area contributed by atoms with Crippen molar-refractivity contribution in [1.29, 1.82) is 0 Å². The van der Waals surface area contributed by atoms with Gasteiger partial charge in [-0.3, -0.25) is 4.98 Å². The Morgan fingerprint density at radius 2 is 2.22 bits per heavy atom. The van der Waals surface area contributed by atoms with E-state index in [4.69, 9.17) is 4.74 Å². The predicted octanol–water partition coefficient (Wildman–Crippen LogP) is 3.21. The Kier molecular flexibility index (Phi) is 4.59. The number of aromatic nitrogens is 1. The minimum Gasteiger partial charge on any atom is -0.489 e. The van der Waals surface area contributed by atoms with Crippen molar-refractivity contribution in [1.82, 2.24) is 10.3 Å². The third-order valence-corrected chi connectivity index (χ3v) is 3.23. The summed E-state index contributed by atoms with van der Waals surface area (Å²) in [6.45, 7) is 7.16. The number of hydrogen-bond acceptors (Lipinski definition) is 3. The molecule has 1 saturated carbocycles. The highest BCUT2D eigenvalue weighted by Crippen LogP contribution is 2.23. The maximum atomic E-state index is 5.99. The molecule has 0 aromatic carbocycles. The summed E-state index contributed by atoms with van der Waals surface area (Å²) in [5.74, 6) is 0.940. The average Bonchev–Trinajstić information content (AvgIpc) is 3.14. The van der Waals surface area contributed by atoms with Gasteiger partial charge >= 0.3 is 0 Å². The fourth-order valence-corrected chi connectivity index (χ4v) is 2.04. The predicted molar refractivity (Wildman–Crippen MR) is 73.8 cm³/mol. The van der Waals surface area contributed by atoms with E-state index in [1.165, 1.54) is 12.8 Å². The quantitative estimate of drug-likeness (QED) is 0.804. The van der Waals surface area contributed by atoms with Crippen LogP contribution in [0.5, 0.6) is 5.75 Å². The van der Waals surface area contributed by atoms with Gasteiger partial charge in [0.25, 0.3) is 0 Å². The van der Waals surface area contributed by atoms with Crippen LogP contribution in [0.15, 0.2) is 12.1 Å². The molecule has 0 aliphatic heterocycles. The van der Waals surface area contributed by atoms with Crippen LogP contribution in [0.1, 0.15) is 50.9 Å². The van der Waals surface area contributed by atoms with Crippen molar-refractivity contribution in [2.45, 2.75) is 65.1 Å². The lowest BCUT2D eigenvalue weighted by Gasteiger charge is -2.17. The van der Waals surface area contributed by atoms with Crippen molar-refractivity contribution in [2.24, 2.45) is 0 Å². The second-order valence-electron chi connectivity index (χ2n) is 5.27. The van der Waals surface area contributed by atoms with E-state index in [1.54, 1.807) is 0 Å². The molecular weight excluding hydrogens is 224 g/mol. The van der Waals surface area contributed by atoms with Gasteiger partial charge < -0.3 is 10.1 Å². The van der Waals surface area contributed by atoms with Crippen molar-refractivity contribution in [2.75, 3.05) is 0 Å². The van der Waals surface area contributed by atoms with Gasteiger partial charge in [-0.25, -0.2) is 0 Å². The number of aryl methyl sites for hydroxylation is 1. The number of ether oxygens (including phenoxy) is 1. The van der Waals surface area contributed by atoms with Crippen LogP contribution in [0.2, 0.25) is 0 Å². The number of pyridine rings is 1. The Balaban J connectivity index is 2.01. The molecule has 100 valence electrons. The van der Waals surface area contributed by atoms with E-state index in [1.807, 2.05) is 13.0 Å². The highest BCUT2D eigenvalue weighted by atomic mass is 16.5. The zero-order valence-corrected chi connectivity index (χ0v) is 11.7. The molecule has 1 aromatic rings. The molecule has 1 atom stereocenters. The van der Waals surface area contributed by atoms with Crippen molar-refractivity contribution in [3.8, 4) is 5.75 Å². The number of nitrogens with zero attached hydrogens (tertiary/aromatic N) is 1. The Morgan fingerprint density at radius 3 is 2.89 bits per heavy atom. The normalized spacial score (nSPS) is 16.6. The van der Waals surface area contributed by atoms with Gasteiger partial charge in [-0.15, -0.1) is 0 Å². The van der Waals surface area contributed by atoms with Gasteiger partial charge in [0.15, 0.2) is 0 Å². The molecule has 3 nitrogen and oxygen atoms in total. The molecule has 1 aliphatic rings. The van der Waals surface area contributed by atoms with E-state index < -0.39 is 0 Å². The van der Waals surface area contributed by atoms with Gasteiger partial charge in [-0.2, -0.15) is 0 Å². The maximum Gasteiger partial charge on any atom is 0.142 e. The zero-order chi connectivity index (χ0) is 13.0. The van der Waals surface area contributed by atoms with E-state index >= 15 is 0 Å². The number of rotatable bonds is 7. The Labute approximate surface area is 110 Å². The van der Waals surface area contributed by atoms with E-state index in [9.17, 15) is 0 Å². The van der Waals surface area contributed by atoms with E-state index in [-0.39, 0.29) is 6.10 Å². The van der Waals surface area contributed by atoms with Crippen LogP contribution in [0, 0.1) is 6.92 Å². The van der Waals surface area contributed by atoms with Gasteiger partial charge in [0.1, 0.15) is 5.75 Å². The van der Waals surface area contributed by atoms with Crippen LogP contribution in [-0.2, 0) is 6.54 Å². The van der Waals surface area contributed by atoms with Crippen LogP contribution in [0.3, 0.4) is 0 Å². The highest BCUT2D eigenvalue weighted by Gasteiger charge is 2.21. The molecule has 0 radical (unpaired) electrons. The molecule has 1 fully saturated rings. The van der Waals surface area contributed by atoms with Gasteiger partial charge in [-0.1, -0.05) is 13.3 Å². The maximum absolute atomic E-state index is 5.99. The minimum absolute atomic E-state index is 0.263. The summed E-state index contributed by atoms with van der Waals surface area (Å²) in [5, 5.41) is 3.50. The number of hydrogen-bond donors (Lipinski definition) is 1. The van der Waals surface area contributed by atoms with Gasteiger partial charge in [-0.05, 0) is 45.2 Å². The molecule has 1 unspecified atom stereocenters. The number of nitrogens with one attached hydrogen (secondary N) is 1. The first-order valence-electron chi connectivity index (χ1n) is 7.05. The van der Waals surface area contributed by atoms with Crippen molar-refractivity contribution >= 4 is 0 Å². The zero-order valence-electron chi connectivity index (χ0n) is 11.7. The van der Waals surface area contributed by atoms with Crippen LogP contribution >= 0.6 is 0 Å². The first-order valence-corrected chi connectivity index (χ1v) is 7.05. The van der Waals surface area contributed by atoms with E-state index in [0.29, 0.717) is 6.04 Å². The van der Waals surface area contributed by atoms with Gasteiger partial charge in [0.05, 0.1) is 11.8 Å². The third-order valence-electron chi connectivity index (χ3n) is 3.23. The van der Waals surface area contributed by atoms with Gasteiger partial charge in [0, 0.05) is 18.3 Å². The van der Waals surface area contributed by atoms with Crippen LogP contribution < -0.4 is 10.1 Å².